The Bertz CT molecular complexity index is 3260. The Balaban J connectivity index is 1.43. The van der Waals surface area contributed by atoms with E-state index in [1.807, 2.05) is 48.5 Å². The van der Waals surface area contributed by atoms with Gasteiger partial charge in [-0.25, -0.2) is 0 Å². The first-order valence-corrected chi connectivity index (χ1v) is 23.5. The van der Waals surface area contributed by atoms with Gasteiger partial charge in [-0.15, -0.1) is 0 Å². The molecular formula is C54H48O8P2. The van der Waals surface area contributed by atoms with Crippen LogP contribution in [0.25, 0.3) is 87.2 Å². The van der Waals surface area contributed by atoms with Gasteiger partial charge in [-0.3, -0.25) is 0 Å². The molecule has 0 amide bonds. The largest absolute Gasteiger partial charge is 0.497 e. The summed E-state index contributed by atoms with van der Waals surface area (Å²) in [5, 5.41) is 9.74. The molecule has 0 unspecified atom stereocenters. The average Bonchev–Trinajstić information content (AvgIpc) is 3.57. The Morgan fingerprint density at radius 1 is 0.328 bits per heavy atom. The van der Waals surface area contributed by atoms with Crippen molar-refractivity contribution in [3.63, 3.8) is 0 Å². The molecule has 322 valence electrons. The van der Waals surface area contributed by atoms with Crippen LogP contribution in [0.4, 0.5) is 0 Å². The van der Waals surface area contributed by atoms with E-state index in [0.717, 1.165) is 144 Å². The van der Waals surface area contributed by atoms with E-state index in [4.69, 9.17) is 35.7 Å². The fourth-order valence-corrected chi connectivity index (χ4v) is 12.8. The Morgan fingerprint density at radius 2 is 0.609 bits per heavy atom. The van der Waals surface area contributed by atoms with Crippen LogP contribution in [0.15, 0.2) is 126 Å². The molecule has 0 bridgehead atoms. The Labute approximate surface area is 373 Å². The van der Waals surface area contributed by atoms with Gasteiger partial charge in [-0.05, 0) is 145 Å². The van der Waals surface area contributed by atoms with Crippen LogP contribution in [0.2, 0.25) is 0 Å². The first kappa shape index (κ1) is 41.3. The molecule has 10 rings (SSSR count). The molecule has 0 aliphatic heterocycles. The topological polar surface area (TPSA) is 89.5 Å². The molecule has 10 heteroatoms. The Hall–Kier alpha value is -6.72. The summed E-state index contributed by atoms with van der Waals surface area (Å²) in [5.41, 5.74) is 10.7. The van der Waals surface area contributed by atoms with Gasteiger partial charge in [0.2, 0.25) is 0 Å². The highest BCUT2D eigenvalue weighted by atomic mass is 31.1. The second-order valence-electron chi connectivity index (χ2n) is 16.4. The van der Waals surface area contributed by atoms with E-state index >= 15 is 0 Å². The van der Waals surface area contributed by atoms with E-state index in [-0.39, 0.29) is 0 Å². The van der Waals surface area contributed by atoms with Crippen molar-refractivity contribution < 1.29 is 35.7 Å². The van der Waals surface area contributed by atoms with Gasteiger partial charge in [0, 0.05) is 32.7 Å². The summed E-state index contributed by atoms with van der Waals surface area (Å²) < 4.78 is 52.7. The molecule has 0 fully saturated rings. The number of benzene rings is 8. The Morgan fingerprint density at radius 3 is 0.891 bits per heavy atom. The van der Waals surface area contributed by atoms with E-state index in [0.29, 0.717) is 0 Å². The van der Waals surface area contributed by atoms with Gasteiger partial charge in [-0.2, -0.15) is 0 Å². The zero-order valence-corrected chi connectivity index (χ0v) is 39.3. The number of methoxy groups -OCH3 is 4. The highest BCUT2D eigenvalue weighted by Crippen LogP contribution is 2.59. The lowest BCUT2D eigenvalue weighted by Crippen LogP contribution is -1.93. The summed E-state index contributed by atoms with van der Waals surface area (Å²) in [4.78, 5) is 0. The van der Waals surface area contributed by atoms with Crippen LogP contribution in [0.5, 0.6) is 23.0 Å². The van der Waals surface area contributed by atoms with Crippen LogP contribution in [-0.4, -0.2) is 28.4 Å². The monoisotopic (exact) mass is 886 g/mol. The standard InChI is InChI=1S/C54H48O8P2/c1-29-21-37(55-7)25-43-44-26-38(56-8)22-30(2)50(44)60-63(59-49(29)43)53-33(5)19-35-15-11-13-17-41(35)47(53)48-42-18-14-12-16-36(42)20-34(6)54(48)64-61-51-31(3)23-39(57-9)27-45(51)46-28-40(58-10)24-32(4)52(46)62-64/h11-28H,1-10H3. The average molecular weight is 887 g/mol. The molecule has 0 saturated carbocycles. The van der Waals surface area contributed by atoms with E-state index in [1.165, 1.54) is 0 Å². The van der Waals surface area contributed by atoms with Crippen molar-refractivity contribution in [3.05, 3.63) is 143 Å². The maximum atomic E-state index is 7.36. The minimum absolute atomic E-state index is 0.729. The summed E-state index contributed by atoms with van der Waals surface area (Å²) >= 11 is 0. The molecule has 2 aromatic heterocycles. The van der Waals surface area contributed by atoms with Crippen molar-refractivity contribution in [1.82, 2.24) is 0 Å². The quantitative estimate of drug-likeness (QED) is 0.156. The van der Waals surface area contributed by atoms with Gasteiger partial charge in [0.1, 0.15) is 45.3 Å². The molecule has 10 aromatic rings. The van der Waals surface area contributed by atoms with Crippen LogP contribution in [-0.2, 0) is 0 Å². The molecule has 0 saturated heterocycles. The number of hydrogen-bond acceptors (Lipinski definition) is 8. The van der Waals surface area contributed by atoms with Crippen molar-refractivity contribution in [2.45, 2.75) is 41.5 Å². The van der Waals surface area contributed by atoms with E-state index in [2.05, 4.69) is 102 Å². The fraction of sp³-hybridized carbons (Fsp3) is 0.185. The lowest BCUT2D eigenvalue weighted by Gasteiger charge is -2.20. The summed E-state index contributed by atoms with van der Waals surface area (Å²) in [7, 11) is 3.03. The van der Waals surface area contributed by atoms with Gasteiger partial charge in [0.25, 0.3) is 16.0 Å². The van der Waals surface area contributed by atoms with Crippen molar-refractivity contribution in [2.75, 3.05) is 28.4 Å². The van der Waals surface area contributed by atoms with Crippen molar-refractivity contribution in [3.8, 4) is 44.7 Å². The lowest BCUT2D eigenvalue weighted by atomic mass is 9.91. The molecule has 0 aliphatic carbocycles. The minimum Gasteiger partial charge on any atom is -0.497 e. The zero-order chi connectivity index (χ0) is 44.6. The number of aryl methyl sites for hydroxylation is 6. The third-order valence-electron chi connectivity index (χ3n) is 12.3. The van der Waals surface area contributed by atoms with E-state index in [1.54, 1.807) is 28.4 Å². The smallest absolute Gasteiger partial charge is 0.253 e. The molecule has 8 aromatic carbocycles. The molecule has 2 heterocycles. The number of fused-ring (bicyclic) bond motifs is 8. The van der Waals surface area contributed by atoms with Crippen LogP contribution in [0, 0.1) is 41.5 Å². The second-order valence-corrected chi connectivity index (χ2v) is 19.1. The van der Waals surface area contributed by atoms with Crippen molar-refractivity contribution in [1.29, 1.82) is 0 Å². The van der Waals surface area contributed by atoms with Crippen LogP contribution < -0.4 is 18.9 Å². The number of rotatable bonds is 7. The molecule has 64 heavy (non-hydrogen) atoms. The van der Waals surface area contributed by atoms with Crippen LogP contribution >= 0.6 is 16.0 Å². The predicted molar refractivity (Wildman–Crippen MR) is 264 cm³/mol. The predicted octanol–water partition coefficient (Wildman–Crippen LogP) is 16.7. The minimum atomic E-state index is -1.86. The van der Waals surface area contributed by atoms with Crippen LogP contribution in [0.1, 0.15) is 33.4 Å². The highest BCUT2D eigenvalue weighted by Gasteiger charge is 2.28. The van der Waals surface area contributed by atoms with Gasteiger partial charge >= 0.3 is 0 Å². The second kappa shape index (κ2) is 16.1. The first-order chi connectivity index (χ1) is 31.0. The van der Waals surface area contributed by atoms with Crippen molar-refractivity contribution in [2.24, 2.45) is 0 Å². The van der Waals surface area contributed by atoms with Gasteiger partial charge in [0.15, 0.2) is 0 Å². The molecule has 0 N–H and O–H groups in total. The highest BCUT2D eigenvalue weighted by molar-refractivity contribution is 7.47. The molecular weight excluding hydrogens is 839 g/mol. The third kappa shape index (κ3) is 6.75. The number of hydrogen-bond donors (Lipinski definition) is 0. The van der Waals surface area contributed by atoms with Gasteiger partial charge in [-0.1, -0.05) is 60.7 Å². The zero-order valence-electron chi connectivity index (χ0n) is 37.6. The molecule has 0 radical (unpaired) electrons. The molecule has 0 spiro atoms. The molecule has 8 nitrogen and oxygen atoms in total. The van der Waals surface area contributed by atoms with E-state index in [9.17, 15) is 0 Å². The summed E-state index contributed by atoms with van der Waals surface area (Å²) in [6, 6.07) is 37.8. The van der Waals surface area contributed by atoms with Gasteiger partial charge in [0.05, 0.1) is 39.0 Å². The van der Waals surface area contributed by atoms with Gasteiger partial charge < -0.3 is 35.7 Å². The summed E-state index contributed by atoms with van der Waals surface area (Å²) in [6.45, 7) is 12.6. The lowest BCUT2D eigenvalue weighted by molar-refractivity contribution is 0.414. The normalized spacial score (nSPS) is 11.6. The van der Waals surface area contributed by atoms with E-state index < -0.39 is 16.0 Å². The number of ether oxygens (including phenoxy) is 4. The fourth-order valence-electron chi connectivity index (χ4n) is 9.20. The summed E-state index contributed by atoms with van der Waals surface area (Å²) in [5.74, 6) is 2.92. The van der Waals surface area contributed by atoms with Crippen LogP contribution in [0.3, 0.4) is 0 Å². The first-order valence-electron chi connectivity index (χ1n) is 21.1. The SMILES string of the molecule is COc1cc(C)c2op(-c3c(C)cc4ccccc4c3-c3c(-p4oc5c(C)cc(OC)cc5c5cc(OC)cc(C)c5o4)c(C)cc4ccccc34)oc3c(C)cc(OC)cc3c2c1. The van der Waals surface area contributed by atoms with Crippen molar-refractivity contribution >= 4 is 81.4 Å². The summed E-state index contributed by atoms with van der Waals surface area (Å²) in [6.07, 6.45) is 0. The Kier molecular flexibility index (Phi) is 10.4. The maximum Gasteiger partial charge on any atom is 0.253 e. The third-order valence-corrected chi connectivity index (χ3v) is 15.5. The molecule has 0 aliphatic rings. The maximum absolute atomic E-state index is 7.36. The molecule has 0 atom stereocenters.